The highest BCUT2D eigenvalue weighted by Gasteiger charge is 2.09. The second kappa shape index (κ2) is 4.82. The number of hydrogen-bond acceptors (Lipinski definition) is 7. The number of nitrogens with zero attached hydrogens (tertiary/aromatic N) is 5. The van der Waals surface area contributed by atoms with Gasteiger partial charge in [-0.1, -0.05) is 0 Å². The van der Waals surface area contributed by atoms with Crippen LogP contribution < -0.4 is 15.4 Å². The molecule has 2 aromatic heterocycles. The minimum Gasteiger partial charge on any atom is -0.481 e. The lowest BCUT2D eigenvalue weighted by molar-refractivity contribution is 0.398. The van der Waals surface area contributed by atoms with E-state index in [9.17, 15) is 0 Å². The van der Waals surface area contributed by atoms with Crippen molar-refractivity contribution in [1.29, 1.82) is 0 Å². The number of methoxy groups -OCH3 is 1. The second-order valence-corrected chi connectivity index (χ2v) is 3.80. The van der Waals surface area contributed by atoms with E-state index in [1.165, 1.54) is 0 Å². The number of aromatic nitrogens is 4. The maximum absolute atomic E-state index is 5.67. The van der Waals surface area contributed by atoms with Gasteiger partial charge in [0, 0.05) is 31.9 Å². The van der Waals surface area contributed by atoms with Gasteiger partial charge < -0.3 is 15.4 Å². The normalized spacial score (nSPS) is 10.2. The molecule has 0 saturated carbocycles. The molecule has 0 aromatic carbocycles. The van der Waals surface area contributed by atoms with Crippen LogP contribution in [0.3, 0.4) is 0 Å². The predicted octanol–water partition coefficient (Wildman–Crippen LogP) is 0.590. The van der Waals surface area contributed by atoms with Gasteiger partial charge in [-0.25, -0.2) is 4.98 Å². The van der Waals surface area contributed by atoms with Crippen molar-refractivity contribution in [2.75, 3.05) is 31.8 Å². The van der Waals surface area contributed by atoms with Crippen LogP contribution in [-0.2, 0) is 0 Å². The second-order valence-electron chi connectivity index (χ2n) is 3.80. The number of pyridine rings is 1. The highest BCUT2D eigenvalue weighted by Crippen LogP contribution is 2.20. The molecular formula is C11H14N6O. The van der Waals surface area contributed by atoms with Gasteiger partial charge >= 0.3 is 0 Å². The molecule has 0 saturated heterocycles. The maximum atomic E-state index is 5.67. The average Bonchev–Trinajstić information content (AvgIpc) is 2.38. The van der Waals surface area contributed by atoms with Crippen molar-refractivity contribution < 1.29 is 4.74 Å². The summed E-state index contributed by atoms with van der Waals surface area (Å²) in [6.45, 7) is 0. The van der Waals surface area contributed by atoms with E-state index in [2.05, 4.69) is 19.9 Å². The van der Waals surface area contributed by atoms with Crippen molar-refractivity contribution in [1.82, 2.24) is 19.9 Å². The fourth-order valence-corrected chi connectivity index (χ4v) is 1.37. The molecule has 0 spiro atoms. The van der Waals surface area contributed by atoms with E-state index >= 15 is 0 Å². The van der Waals surface area contributed by atoms with Gasteiger partial charge in [0.1, 0.15) is 0 Å². The van der Waals surface area contributed by atoms with E-state index in [0.29, 0.717) is 17.7 Å². The van der Waals surface area contributed by atoms with Crippen LogP contribution in [0.1, 0.15) is 0 Å². The van der Waals surface area contributed by atoms with Gasteiger partial charge in [-0.2, -0.15) is 15.0 Å². The van der Waals surface area contributed by atoms with Crippen LogP contribution in [0.4, 0.5) is 11.9 Å². The molecule has 94 valence electrons. The van der Waals surface area contributed by atoms with E-state index in [4.69, 9.17) is 10.5 Å². The van der Waals surface area contributed by atoms with Gasteiger partial charge in [-0.3, -0.25) is 0 Å². The SMILES string of the molecule is COc1cc(-c2nc(N)nc(N(C)C)n2)ccn1. The van der Waals surface area contributed by atoms with Crippen LogP contribution in [0.15, 0.2) is 18.3 Å². The molecule has 0 fully saturated rings. The van der Waals surface area contributed by atoms with Crippen LogP contribution in [-0.4, -0.2) is 41.1 Å². The Balaban J connectivity index is 2.49. The molecule has 7 heteroatoms. The summed E-state index contributed by atoms with van der Waals surface area (Å²) in [4.78, 5) is 18.3. The smallest absolute Gasteiger partial charge is 0.230 e. The first-order valence-corrected chi connectivity index (χ1v) is 5.29. The summed E-state index contributed by atoms with van der Waals surface area (Å²) in [6, 6.07) is 3.53. The quantitative estimate of drug-likeness (QED) is 0.847. The third kappa shape index (κ3) is 2.45. The van der Waals surface area contributed by atoms with E-state index in [1.54, 1.807) is 30.3 Å². The first-order chi connectivity index (χ1) is 8.60. The van der Waals surface area contributed by atoms with Crippen molar-refractivity contribution in [2.45, 2.75) is 0 Å². The van der Waals surface area contributed by atoms with Crippen LogP contribution in [0, 0.1) is 0 Å². The fourth-order valence-electron chi connectivity index (χ4n) is 1.37. The Hall–Kier alpha value is -2.44. The number of rotatable bonds is 3. The topological polar surface area (TPSA) is 90.0 Å². The van der Waals surface area contributed by atoms with E-state index in [-0.39, 0.29) is 5.95 Å². The highest BCUT2D eigenvalue weighted by atomic mass is 16.5. The summed E-state index contributed by atoms with van der Waals surface area (Å²) >= 11 is 0. The minimum atomic E-state index is 0.180. The zero-order chi connectivity index (χ0) is 13.1. The molecule has 18 heavy (non-hydrogen) atoms. The Labute approximate surface area is 105 Å². The third-order valence-corrected chi connectivity index (χ3v) is 2.24. The van der Waals surface area contributed by atoms with Gasteiger partial charge in [0.15, 0.2) is 5.82 Å². The molecular weight excluding hydrogens is 232 g/mol. The van der Waals surface area contributed by atoms with Crippen molar-refractivity contribution in [3.8, 4) is 17.3 Å². The number of ether oxygens (including phenoxy) is 1. The number of nitrogens with two attached hydrogens (primary N) is 1. The van der Waals surface area contributed by atoms with Gasteiger partial charge in [0.25, 0.3) is 0 Å². The molecule has 0 aliphatic heterocycles. The number of anilines is 2. The molecule has 0 amide bonds. The summed E-state index contributed by atoms with van der Waals surface area (Å²) in [6.07, 6.45) is 1.63. The summed E-state index contributed by atoms with van der Waals surface area (Å²) in [5, 5.41) is 0. The van der Waals surface area contributed by atoms with Crippen molar-refractivity contribution >= 4 is 11.9 Å². The van der Waals surface area contributed by atoms with Crippen molar-refractivity contribution in [3.63, 3.8) is 0 Å². The lowest BCUT2D eigenvalue weighted by atomic mass is 10.2. The Kier molecular flexibility index (Phi) is 3.22. The van der Waals surface area contributed by atoms with Gasteiger partial charge in [-0.05, 0) is 6.07 Å². The molecule has 0 aliphatic carbocycles. The zero-order valence-corrected chi connectivity index (χ0v) is 10.5. The van der Waals surface area contributed by atoms with Crippen LogP contribution in [0.2, 0.25) is 0 Å². The average molecular weight is 246 g/mol. The predicted molar refractivity (Wildman–Crippen MR) is 68.3 cm³/mol. The summed E-state index contributed by atoms with van der Waals surface area (Å²) in [5.74, 6) is 1.68. The number of nitrogen functional groups attached to an aromatic ring is 1. The first-order valence-electron chi connectivity index (χ1n) is 5.29. The minimum absolute atomic E-state index is 0.180. The molecule has 0 unspecified atom stereocenters. The van der Waals surface area contributed by atoms with Crippen LogP contribution in [0.25, 0.3) is 11.4 Å². The molecule has 2 rings (SSSR count). The molecule has 2 N–H and O–H groups in total. The summed E-state index contributed by atoms with van der Waals surface area (Å²) in [7, 11) is 5.23. The van der Waals surface area contributed by atoms with Gasteiger partial charge in [0.2, 0.25) is 17.8 Å². The van der Waals surface area contributed by atoms with Crippen LogP contribution in [0.5, 0.6) is 5.88 Å². The first kappa shape index (κ1) is 12.0. The van der Waals surface area contributed by atoms with Gasteiger partial charge in [-0.15, -0.1) is 0 Å². The van der Waals surface area contributed by atoms with E-state index < -0.39 is 0 Å². The van der Waals surface area contributed by atoms with E-state index in [0.717, 1.165) is 5.56 Å². The Morgan fingerprint density at radius 2 is 2.00 bits per heavy atom. The molecule has 2 aromatic rings. The third-order valence-electron chi connectivity index (χ3n) is 2.24. The van der Waals surface area contributed by atoms with Gasteiger partial charge in [0.05, 0.1) is 7.11 Å². The van der Waals surface area contributed by atoms with Crippen LogP contribution >= 0.6 is 0 Å². The highest BCUT2D eigenvalue weighted by molar-refractivity contribution is 5.58. The maximum Gasteiger partial charge on any atom is 0.230 e. The molecule has 0 radical (unpaired) electrons. The van der Waals surface area contributed by atoms with E-state index in [1.807, 2.05) is 14.1 Å². The lowest BCUT2D eigenvalue weighted by Crippen LogP contribution is -2.15. The standard InChI is InChI=1S/C11H14N6O/c1-17(2)11-15-9(14-10(12)16-11)7-4-5-13-8(6-7)18-3/h4-6H,1-3H3,(H2,12,14,15,16). The monoisotopic (exact) mass is 246 g/mol. The molecule has 0 atom stereocenters. The largest absolute Gasteiger partial charge is 0.481 e. The Morgan fingerprint density at radius 1 is 1.22 bits per heavy atom. The molecule has 2 heterocycles. The molecule has 7 nitrogen and oxygen atoms in total. The summed E-state index contributed by atoms with van der Waals surface area (Å²) in [5.41, 5.74) is 6.45. The molecule has 0 bridgehead atoms. The zero-order valence-electron chi connectivity index (χ0n) is 10.5. The Morgan fingerprint density at radius 3 is 2.67 bits per heavy atom. The molecule has 0 aliphatic rings. The van der Waals surface area contributed by atoms with Crippen molar-refractivity contribution in [2.24, 2.45) is 0 Å². The lowest BCUT2D eigenvalue weighted by Gasteiger charge is -2.11. The summed E-state index contributed by atoms with van der Waals surface area (Å²) < 4.78 is 5.06. The number of hydrogen-bond donors (Lipinski definition) is 1. The fraction of sp³-hybridized carbons (Fsp3) is 0.273. The van der Waals surface area contributed by atoms with Crippen molar-refractivity contribution in [3.05, 3.63) is 18.3 Å². The Bertz CT molecular complexity index is 557.